The van der Waals surface area contributed by atoms with Crippen molar-refractivity contribution in [2.75, 3.05) is 32.7 Å². The second-order valence-electron chi connectivity index (χ2n) is 8.60. The van der Waals surface area contributed by atoms with Crippen molar-refractivity contribution in [1.82, 2.24) is 9.88 Å². The molecule has 4 aromatic rings. The number of anilines is 1. The fraction of sp³-hybridized carbons (Fsp3) is 0.241. The minimum absolute atomic E-state index is 0.108. The molecule has 38 heavy (non-hydrogen) atoms. The summed E-state index contributed by atoms with van der Waals surface area (Å²) in [7, 11) is 3.16. The number of nitrogens with one attached hydrogen (secondary N) is 2. The Morgan fingerprint density at radius 3 is 2.45 bits per heavy atom. The van der Waals surface area contributed by atoms with Gasteiger partial charge in [-0.3, -0.25) is 4.79 Å². The van der Waals surface area contributed by atoms with E-state index in [-0.39, 0.29) is 18.1 Å². The van der Waals surface area contributed by atoms with Crippen LogP contribution in [0.25, 0.3) is 10.9 Å². The van der Waals surface area contributed by atoms with Crippen molar-refractivity contribution in [2.24, 2.45) is 0 Å². The van der Waals surface area contributed by atoms with Gasteiger partial charge in [0.1, 0.15) is 5.75 Å². The van der Waals surface area contributed by atoms with Gasteiger partial charge in [0.15, 0.2) is 11.5 Å². The fourth-order valence-corrected chi connectivity index (χ4v) is 4.22. The fourth-order valence-electron chi connectivity index (χ4n) is 4.10. The highest BCUT2D eigenvalue weighted by Gasteiger charge is 2.18. The van der Waals surface area contributed by atoms with Crippen LogP contribution < -0.4 is 25.1 Å². The molecule has 0 saturated carbocycles. The minimum Gasteiger partial charge on any atom is -0.494 e. The highest BCUT2D eigenvalue weighted by atomic mass is 35.5. The van der Waals surface area contributed by atoms with Gasteiger partial charge in [0, 0.05) is 33.7 Å². The molecule has 0 atom stereocenters. The molecule has 8 nitrogen and oxygen atoms in total. The summed E-state index contributed by atoms with van der Waals surface area (Å²) in [5.41, 5.74) is 2.47. The molecule has 0 saturated heterocycles. The van der Waals surface area contributed by atoms with Crippen LogP contribution in [-0.4, -0.2) is 43.3 Å². The van der Waals surface area contributed by atoms with Gasteiger partial charge in [0.05, 0.1) is 27.4 Å². The lowest BCUT2D eigenvalue weighted by atomic mass is 10.1. The van der Waals surface area contributed by atoms with Gasteiger partial charge in [-0.1, -0.05) is 17.7 Å². The minimum atomic E-state index is -0.338. The number of fused-ring (bicyclic) bond motifs is 1. The summed E-state index contributed by atoms with van der Waals surface area (Å²) in [5, 5.41) is 4.29. The second kappa shape index (κ2) is 12.4. The van der Waals surface area contributed by atoms with Crippen LogP contribution in [-0.2, 0) is 13.0 Å². The highest BCUT2D eigenvalue weighted by molar-refractivity contribution is 6.30. The van der Waals surface area contributed by atoms with Crippen molar-refractivity contribution < 1.29 is 19.0 Å². The summed E-state index contributed by atoms with van der Waals surface area (Å²) in [6.07, 6.45) is 0.536. The Kier molecular flexibility index (Phi) is 8.76. The first-order chi connectivity index (χ1) is 18.4. The molecule has 2 N–H and O–H groups in total. The lowest BCUT2D eigenvalue weighted by molar-refractivity contribution is 0.209. The number of carbonyl (C=O) groups excluding carboxylic acids is 1. The van der Waals surface area contributed by atoms with E-state index in [0.29, 0.717) is 58.6 Å². The molecule has 0 radical (unpaired) electrons. The number of amides is 2. The van der Waals surface area contributed by atoms with E-state index >= 15 is 0 Å². The molecule has 0 bridgehead atoms. The largest absolute Gasteiger partial charge is 0.494 e. The van der Waals surface area contributed by atoms with Crippen molar-refractivity contribution in [3.8, 4) is 17.2 Å². The Bertz CT molecular complexity index is 1470. The molecule has 2 amide bonds. The van der Waals surface area contributed by atoms with E-state index in [1.54, 1.807) is 49.5 Å². The molecule has 0 fully saturated rings. The molecule has 198 valence electrons. The first-order valence-electron chi connectivity index (χ1n) is 12.2. The third kappa shape index (κ3) is 6.58. The summed E-state index contributed by atoms with van der Waals surface area (Å²) >= 11 is 5.99. The number of aromatic nitrogens is 1. The lowest BCUT2D eigenvalue weighted by Crippen LogP contribution is -2.37. The van der Waals surface area contributed by atoms with Gasteiger partial charge in [-0.05, 0) is 79.6 Å². The maximum atomic E-state index is 13.4. The first-order valence-corrected chi connectivity index (χ1v) is 12.6. The maximum Gasteiger partial charge on any atom is 0.322 e. The van der Waals surface area contributed by atoms with Crippen LogP contribution in [0, 0.1) is 0 Å². The third-order valence-corrected chi connectivity index (χ3v) is 6.32. The Morgan fingerprint density at radius 1 is 0.974 bits per heavy atom. The number of hydrogen-bond acceptors (Lipinski definition) is 5. The molecule has 9 heteroatoms. The average molecular weight is 536 g/mol. The van der Waals surface area contributed by atoms with Crippen LogP contribution in [0.2, 0.25) is 5.02 Å². The number of nitrogens with zero attached hydrogens (tertiary/aromatic N) is 1. The predicted octanol–water partition coefficient (Wildman–Crippen LogP) is 5.87. The number of hydrogen-bond donors (Lipinski definition) is 2. The average Bonchev–Trinajstić information content (AvgIpc) is 2.92. The van der Waals surface area contributed by atoms with Gasteiger partial charge < -0.3 is 29.4 Å². The van der Waals surface area contributed by atoms with Gasteiger partial charge in [-0.25, -0.2) is 4.79 Å². The Balaban J connectivity index is 1.61. The summed E-state index contributed by atoms with van der Waals surface area (Å²) in [6, 6.07) is 19.5. The first kappa shape index (κ1) is 26.9. The van der Waals surface area contributed by atoms with E-state index in [0.717, 1.165) is 10.9 Å². The molecule has 0 aliphatic carbocycles. The molecule has 0 aliphatic heterocycles. The molecule has 1 aromatic heterocycles. The molecule has 3 aromatic carbocycles. The third-order valence-electron chi connectivity index (χ3n) is 6.07. The van der Waals surface area contributed by atoms with E-state index in [4.69, 9.17) is 25.8 Å². The molecule has 1 heterocycles. The summed E-state index contributed by atoms with van der Waals surface area (Å²) in [5.74, 6) is 1.95. The quantitative estimate of drug-likeness (QED) is 0.265. The van der Waals surface area contributed by atoms with Gasteiger partial charge in [-0.2, -0.15) is 0 Å². The topological polar surface area (TPSA) is 92.9 Å². The Morgan fingerprint density at radius 2 is 1.74 bits per heavy atom. The number of H-pyrrole nitrogens is 1. The maximum absolute atomic E-state index is 13.4. The normalized spacial score (nSPS) is 10.7. The van der Waals surface area contributed by atoms with E-state index in [9.17, 15) is 9.59 Å². The van der Waals surface area contributed by atoms with Crippen LogP contribution in [0.1, 0.15) is 18.1 Å². The molecular weight excluding hydrogens is 506 g/mol. The number of rotatable bonds is 10. The van der Waals surface area contributed by atoms with Crippen molar-refractivity contribution >= 4 is 34.2 Å². The number of methoxy groups -OCH3 is 2. The number of urea groups is 1. The van der Waals surface area contributed by atoms with Crippen molar-refractivity contribution in [1.29, 1.82) is 0 Å². The van der Waals surface area contributed by atoms with Gasteiger partial charge >= 0.3 is 6.03 Å². The van der Waals surface area contributed by atoms with Gasteiger partial charge in [-0.15, -0.1) is 0 Å². The predicted molar refractivity (Wildman–Crippen MR) is 150 cm³/mol. The SMILES string of the molecule is CCOc1ccc2[nH]c(=O)c(CN(CCc3ccc(OC)c(OC)c3)C(=O)Nc3ccc(Cl)cc3)cc2c1. The van der Waals surface area contributed by atoms with Crippen LogP contribution in [0.5, 0.6) is 17.2 Å². The van der Waals surface area contributed by atoms with Crippen LogP contribution in [0.15, 0.2) is 71.5 Å². The lowest BCUT2D eigenvalue weighted by Gasteiger charge is -2.23. The standard InChI is InChI=1S/C29H30ClN3O5/c1-4-38-24-10-11-25-20(17-24)16-21(28(34)32-25)18-33(29(35)31-23-8-6-22(30)7-9-23)14-13-19-5-12-26(36-2)27(15-19)37-3/h5-12,15-17H,4,13-14,18H2,1-3H3,(H,31,35)(H,32,34). The highest BCUT2D eigenvalue weighted by Crippen LogP contribution is 2.28. The molecule has 0 unspecified atom stereocenters. The molecule has 0 aliphatic rings. The number of ether oxygens (including phenoxy) is 3. The van der Waals surface area contributed by atoms with Crippen molar-refractivity contribution in [3.63, 3.8) is 0 Å². The number of halogens is 1. The Labute approximate surface area is 226 Å². The van der Waals surface area contributed by atoms with Crippen LogP contribution in [0.3, 0.4) is 0 Å². The van der Waals surface area contributed by atoms with Crippen molar-refractivity contribution in [3.05, 3.63) is 93.2 Å². The molecule has 4 rings (SSSR count). The summed E-state index contributed by atoms with van der Waals surface area (Å²) in [4.78, 5) is 30.8. The second-order valence-corrected chi connectivity index (χ2v) is 9.04. The smallest absolute Gasteiger partial charge is 0.322 e. The van der Waals surface area contributed by atoms with E-state index in [1.807, 2.05) is 43.3 Å². The summed E-state index contributed by atoms with van der Waals surface area (Å²) in [6.45, 7) is 2.91. The zero-order valence-corrected chi connectivity index (χ0v) is 22.3. The number of pyridine rings is 1. The van der Waals surface area contributed by atoms with Crippen molar-refractivity contribution in [2.45, 2.75) is 19.9 Å². The van der Waals surface area contributed by atoms with Crippen LogP contribution >= 0.6 is 11.6 Å². The number of benzene rings is 3. The van der Waals surface area contributed by atoms with Gasteiger partial charge in [0.25, 0.3) is 5.56 Å². The zero-order valence-electron chi connectivity index (χ0n) is 21.5. The Hall–Kier alpha value is -4.17. The van der Waals surface area contributed by atoms with Gasteiger partial charge in [0.2, 0.25) is 0 Å². The molecular formula is C29H30ClN3O5. The number of carbonyl (C=O) groups is 1. The van der Waals surface area contributed by atoms with E-state index in [1.165, 1.54) is 0 Å². The molecule has 0 spiro atoms. The monoisotopic (exact) mass is 535 g/mol. The van der Waals surface area contributed by atoms with Crippen LogP contribution in [0.4, 0.5) is 10.5 Å². The number of aromatic amines is 1. The van der Waals surface area contributed by atoms with E-state index < -0.39 is 0 Å². The van der Waals surface area contributed by atoms with E-state index in [2.05, 4.69) is 10.3 Å². The zero-order chi connectivity index (χ0) is 27.1. The summed E-state index contributed by atoms with van der Waals surface area (Å²) < 4.78 is 16.3.